The molecule has 8 rings (SSSR count). The fourth-order valence-corrected chi connectivity index (χ4v) is 7.87. The molecule has 7 nitrogen and oxygen atoms in total. The van der Waals surface area contributed by atoms with E-state index in [2.05, 4.69) is 12.1 Å². The van der Waals surface area contributed by atoms with E-state index in [0.717, 1.165) is 10.8 Å². The number of nitrogens with zero attached hydrogens (tertiary/aromatic N) is 4. The van der Waals surface area contributed by atoms with Crippen molar-refractivity contribution >= 4 is 58.8 Å². The number of benzene rings is 5. The molecule has 0 amide bonds. The summed E-state index contributed by atoms with van der Waals surface area (Å²) in [7, 11) is -4.12. The average Bonchev–Trinajstić information content (AvgIpc) is 2.94. The number of hydrogen-bond acceptors (Lipinski definition) is 6. The van der Waals surface area contributed by atoms with Crippen LogP contribution in [0.15, 0.2) is 87.4 Å². The van der Waals surface area contributed by atoms with Gasteiger partial charge >= 0.3 is 0 Å². The van der Waals surface area contributed by atoms with Crippen molar-refractivity contribution in [2.75, 3.05) is 0 Å². The molecule has 0 atom stereocenters. The SMILES string of the molecule is N#Cc1cc2c(=O)n3c4cccc5cccc(nc3c3cc(C#N)c6c(c1-c1ccccc1S6(=O)=O)c23)c54. The van der Waals surface area contributed by atoms with Crippen molar-refractivity contribution in [1.29, 1.82) is 10.5 Å². The van der Waals surface area contributed by atoms with Gasteiger partial charge in [-0.25, -0.2) is 13.4 Å². The smallest absolute Gasteiger partial charge is 0.264 e. The van der Waals surface area contributed by atoms with E-state index < -0.39 is 15.4 Å². The molecule has 0 radical (unpaired) electrons. The van der Waals surface area contributed by atoms with Crippen LogP contribution in [0.3, 0.4) is 0 Å². The van der Waals surface area contributed by atoms with Crippen molar-refractivity contribution in [3.63, 3.8) is 0 Å². The normalized spacial score (nSPS) is 13.7. The number of fused-ring (bicyclic) bond motifs is 5. The summed E-state index contributed by atoms with van der Waals surface area (Å²) in [6.07, 6.45) is 0. The lowest BCUT2D eigenvalue weighted by molar-refractivity contribution is 0.596. The number of hydrogen-bond donors (Lipinski definition) is 0. The largest absolute Gasteiger partial charge is 0.268 e. The van der Waals surface area contributed by atoms with Gasteiger partial charge in [-0.3, -0.25) is 9.20 Å². The van der Waals surface area contributed by atoms with E-state index in [1.54, 1.807) is 18.2 Å². The van der Waals surface area contributed by atoms with Gasteiger partial charge in [-0.15, -0.1) is 0 Å². The van der Waals surface area contributed by atoms with E-state index in [4.69, 9.17) is 4.98 Å². The Morgan fingerprint density at radius 1 is 0.789 bits per heavy atom. The van der Waals surface area contributed by atoms with Crippen molar-refractivity contribution in [2.24, 2.45) is 0 Å². The molecule has 176 valence electrons. The average molecular weight is 509 g/mol. The van der Waals surface area contributed by atoms with Gasteiger partial charge in [0.25, 0.3) is 5.56 Å². The standard InChI is InChI=1S/C30H12N4O3S/c31-13-16-11-20-26-19(29-33-21-8-3-5-15-6-4-9-22(25(15)21)34(29)30(20)35)12-17(14-32)28-27(26)24(16)18-7-1-2-10-23(18)38(28,36)37/h1-12H. The molecule has 3 heterocycles. The predicted octanol–water partition coefficient (Wildman–Crippen LogP) is 5.30. The van der Waals surface area contributed by atoms with Gasteiger partial charge in [-0.2, -0.15) is 10.5 Å². The maximum atomic E-state index is 14.2. The third-order valence-electron chi connectivity index (χ3n) is 7.53. The summed E-state index contributed by atoms with van der Waals surface area (Å²) in [4.78, 5) is 18.9. The molecular weight excluding hydrogens is 496 g/mol. The Morgan fingerprint density at radius 2 is 1.53 bits per heavy atom. The number of aromatic nitrogens is 2. The van der Waals surface area contributed by atoms with Gasteiger partial charge in [0, 0.05) is 32.7 Å². The van der Waals surface area contributed by atoms with Crippen molar-refractivity contribution in [2.45, 2.75) is 9.79 Å². The Labute approximate surface area is 214 Å². The first-order valence-corrected chi connectivity index (χ1v) is 13.2. The van der Waals surface area contributed by atoms with E-state index in [1.165, 1.54) is 22.6 Å². The highest BCUT2D eigenvalue weighted by Crippen LogP contribution is 2.49. The molecule has 8 heteroatoms. The maximum absolute atomic E-state index is 14.2. The molecule has 5 aromatic carbocycles. The van der Waals surface area contributed by atoms with Crippen LogP contribution in [-0.2, 0) is 9.84 Å². The highest BCUT2D eigenvalue weighted by atomic mass is 32.2. The fraction of sp³-hybridized carbons (Fsp3) is 0. The van der Waals surface area contributed by atoms with Gasteiger partial charge in [-0.1, -0.05) is 42.5 Å². The summed E-state index contributed by atoms with van der Waals surface area (Å²) in [5.41, 5.74) is 2.12. The number of rotatable bonds is 0. The molecule has 0 saturated heterocycles. The second kappa shape index (κ2) is 6.71. The molecule has 0 aliphatic carbocycles. The van der Waals surface area contributed by atoms with E-state index in [1.807, 2.05) is 36.4 Å². The molecule has 7 aromatic rings. The Hall–Kier alpha value is -5.31. The highest BCUT2D eigenvalue weighted by molar-refractivity contribution is 7.92. The summed E-state index contributed by atoms with van der Waals surface area (Å²) in [6, 6.07) is 25.1. The minimum atomic E-state index is -4.12. The third-order valence-corrected chi connectivity index (χ3v) is 9.42. The first-order valence-electron chi connectivity index (χ1n) is 11.7. The number of sulfone groups is 1. The highest BCUT2D eigenvalue weighted by Gasteiger charge is 2.36. The Morgan fingerprint density at radius 3 is 2.32 bits per heavy atom. The Bertz CT molecular complexity index is 2510. The molecule has 0 fully saturated rings. The van der Waals surface area contributed by atoms with Gasteiger partial charge in [0.05, 0.1) is 43.4 Å². The molecule has 0 saturated carbocycles. The van der Waals surface area contributed by atoms with Crippen LogP contribution < -0.4 is 5.56 Å². The number of nitriles is 2. The molecule has 2 aromatic heterocycles. The second-order valence-electron chi connectivity index (χ2n) is 9.35. The van der Waals surface area contributed by atoms with Gasteiger partial charge in [0.2, 0.25) is 9.84 Å². The molecule has 0 N–H and O–H groups in total. The van der Waals surface area contributed by atoms with E-state index in [-0.39, 0.29) is 31.7 Å². The summed E-state index contributed by atoms with van der Waals surface area (Å²) in [6.45, 7) is 0. The fourth-order valence-electron chi connectivity index (χ4n) is 6.07. The van der Waals surface area contributed by atoms with Crippen LogP contribution in [0, 0.1) is 22.7 Å². The van der Waals surface area contributed by atoms with Crippen molar-refractivity contribution in [3.8, 4) is 23.3 Å². The van der Waals surface area contributed by atoms with Gasteiger partial charge in [0.1, 0.15) is 11.7 Å². The number of pyridine rings is 1. The Kier molecular flexibility index (Phi) is 3.68. The lowest BCUT2D eigenvalue weighted by Crippen LogP contribution is -2.19. The van der Waals surface area contributed by atoms with Crippen LogP contribution in [0.25, 0.3) is 60.1 Å². The van der Waals surface area contributed by atoms with Crippen LogP contribution in [0.4, 0.5) is 0 Å². The minimum absolute atomic E-state index is 0.0305. The van der Waals surface area contributed by atoms with Gasteiger partial charge < -0.3 is 0 Å². The maximum Gasteiger partial charge on any atom is 0.264 e. The minimum Gasteiger partial charge on any atom is -0.268 e. The van der Waals surface area contributed by atoms with Crippen LogP contribution in [0.2, 0.25) is 0 Å². The molecule has 1 aliphatic heterocycles. The summed E-state index contributed by atoms with van der Waals surface area (Å²) in [5, 5.41) is 23.4. The van der Waals surface area contributed by atoms with Crippen molar-refractivity contribution in [1.82, 2.24) is 9.38 Å². The quantitative estimate of drug-likeness (QED) is 0.203. The van der Waals surface area contributed by atoms with Crippen LogP contribution in [0.5, 0.6) is 0 Å². The molecule has 0 spiro atoms. The first-order chi connectivity index (χ1) is 18.5. The van der Waals surface area contributed by atoms with Gasteiger partial charge in [0.15, 0.2) is 0 Å². The summed E-state index contributed by atoms with van der Waals surface area (Å²) >= 11 is 0. The molecular formula is C30H12N4O3S. The first kappa shape index (κ1) is 20.8. The van der Waals surface area contributed by atoms with E-state index in [9.17, 15) is 23.7 Å². The molecule has 1 aliphatic rings. The van der Waals surface area contributed by atoms with Crippen molar-refractivity contribution < 1.29 is 8.42 Å². The second-order valence-corrected chi connectivity index (χ2v) is 11.2. The van der Waals surface area contributed by atoms with Crippen LogP contribution in [0.1, 0.15) is 11.1 Å². The third kappa shape index (κ3) is 2.25. The van der Waals surface area contributed by atoms with Crippen LogP contribution in [-0.4, -0.2) is 17.8 Å². The van der Waals surface area contributed by atoms with E-state index in [0.29, 0.717) is 38.6 Å². The zero-order valence-corrected chi connectivity index (χ0v) is 20.2. The van der Waals surface area contributed by atoms with Crippen LogP contribution >= 0.6 is 0 Å². The Balaban J connectivity index is 1.78. The summed E-state index contributed by atoms with van der Waals surface area (Å²) in [5.74, 6) is 0. The molecule has 38 heavy (non-hydrogen) atoms. The predicted molar refractivity (Wildman–Crippen MR) is 143 cm³/mol. The zero-order valence-electron chi connectivity index (χ0n) is 19.4. The lowest BCUT2D eigenvalue weighted by Gasteiger charge is -2.24. The van der Waals surface area contributed by atoms with Gasteiger partial charge in [-0.05, 0) is 35.7 Å². The molecule has 0 unspecified atom stereocenters. The molecule has 0 bridgehead atoms. The summed E-state index contributed by atoms with van der Waals surface area (Å²) < 4.78 is 29.3. The van der Waals surface area contributed by atoms with Crippen molar-refractivity contribution in [3.05, 3.63) is 94.3 Å². The monoisotopic (exact) mass is 508 g/mol. The van der Waals surface area contributed by atoms with E-state index >= 15 is 0 Å². The zero-order chi connectivity index (χ0) is 25.9. The lowest BCUT2D eigenvalue weighted by atomic mass is 9.88. The topological polar surface area (TPSA) is 116 Å².